The average molecular weight is 208 g/mol. The van der Waals surface area contributed by atoms with Crippen LogP contribution in [0.2, 0.25) is 0 Å². The number of nitrogens with one attached hydrogen (secondary N) is 2. The first kappa shape index (κ1) is 10.2. The molecule has 1 saturated heterocycles. The smallest absolute Gasteiger partial charge is 0.236 e. The number of hydrogen-bond acceptors (Lipinski definition) is 3. The van der Waals surface area contributed by atoms with Crippen LogP contribution in [0.3, 0.4) is 0 Å². The summed E-state index contributed by atoms with van der Waals surface area (Å²) in [4.78, 5) is 11.3. The van der Waals surface area contributed by atoms with Gasteiger partial charge in [-0.2, -0.15) is 0 Å². The van der Waals surface area contributed by atoms with Gasteiger partial charge in [-0.25, -0.2) is 0 Å². The molecule has 2 atom stereocenters. The van der Waals surface area contributed by atoms with E-state index in [-0.39, 0.29) is 18.0 Å². The molecule has 1 aromatic rings. The minimum Gasteiger partial charge on any atom is -0.466 e. The second kappa shape index (κ2) is 3.70. The quantitative estimate of drug-likeness (QED) is 0.725. The molecule has 0 aromatic carbocycles. The molecule has 82 valence electrons. The summed E-state index contributed by atoms with van der Waals surface area (Å²) in [6, 6.07) is 2.05. The zero-order valence-corrected chi connectivity index (χ0v) is 9.26. The Labute approximate surface area is 89.0 Å². The SMILES string of the molecule is Cc1cc(C2CNC(=O)[C@H](C)N2)c(C)o1. The molecule has 2 N–H and O–H groups in total. The molecule has 0 bridgehead atoms. The summed E-state index contributed by atoms with van der Waals surface area (Å²) in [6.45, 7) is 6.37. The highest BCUT2D eigenvalue weighted by Gasteiger charge is 2.27. The van der Waals surface area contributed by atoms with Crippen LogP contribution >= 0.6 is 0 Å². The lowest BCUT2D eigenvalue weighted by molar-refractivity contribution is -0.124. The minimum atomic E-state index is -0.140. The molecule has 1 aromatic heterocycles. The largest absolute Gasteiger partial charge is 0.466 e. The van der Waals surface area contributed by atoms with Gasteiger partial charge in [-0.3, -0.25) is 10.1 Å². The first-order valence-corrected chi connectivity index (χ1v) is 5.18. The van der Waals surface area contributed by atoms with Crippen molar-refractivity contribution in [3.8, 4) is 0 Å². The molecular weight excluding hydrogens is 192 g/mol. The first-order chi connectivity index (χ1) is 7.08. The number of amides is 1. The Morgan fingerprint density at radius 1 is 1.47 bits per heavy atom. The lowest BCUT2D eigenvalue weighted by atomic mass is 10.0. The summed E-state index contributed by atoms with van der Waals surface area (Å²) in [5.41, 5.74) is 1.14. The molecule has 0 saturated carbocycles. The Bertz CT molecular complexity index is 384. The summed E-state index contributed by atoms with van der Waals surface area (Å²) >= 11 is 0. The maximum atomic E-state index is 11.3. The van der Waals surface area contributed by atoms with Crippen LogP contribution in [0.5, 0.6) is 0 Å². The van der Waals surface area contributed by atoms with Gasteiger partial charge in [0.25, 0.3) is 0 Å². The van der Waals surface area contributed by atoms with Gasteiger partial charge in [0.05, 0.1) is 12.1 Å². The van der Waals surface area contributed by atoms with E-state index in [2.05, 4.69) is 10.6 Å². The van der Waals surface area contributed by atoms with Gasteiger partial charge < -0.3 is 9.73 Å². The minimum absolute atomic E-state index is 0.0594. The fourth-order valence-corrected chi connectivity index (χ4v) is 1.99. The Morgan fingerprint density at radius 2 is 2.20 bits per heavy atom. The van der Waals surface area contributed by atoms with Gasteiger partial charge in [-0.05, 0) is 26.8 Å². The fourth-order valence-electron chi connectivity index (χ4n) is 1.99. The number of piperazine rings is 1. The van der Waals surface area contributed by atoms with E-state index in [1.165, 1.54) is 0 Å². The summed E-state index contributed by atoms with van der Waals surface area (Å²) in [5.74, 6) is 1.89. The number of furan rings is 1. The second-order valence-corrected chi connectivity index (χ2v) is 4.05. The Balaban J connectivity index is 2.18. The lowest BCUT2D eigenvalue weighted by Crippen LogP contribution is -2.52. The Morgan fingerprint density at radius 3 is 2.73 bits per heavy atom. The van der Waals surface area contributed by atoms with Crippen molar-refractivity contribution in [3.05, 3.63) is 23.2 Å². The van der Waals surface area contributed by atoms with Gasteiger partial charge in [0, 0.05) is 12.1 Å². The maximum Gasteiger partial charge on any atom is 0.236 e. The number of rotatable bonds is 1. The molecular formula is C11H16N2O2. The van der Waals surface area contributed by atoms with E-state index in [4.69, 9.17) is 4.42 Å². The Kier molecular flexibility index (Phi) is 2.52. The molecule has 1 aliphatic heterocycles. The summed E-state index contributed by atoms with van der Waals surface area (Å²) in [7, 11) is 0. The van der Waals surface area contributed by atoms with Crippen molar-refractivity contribution in [3.63, 3.8) is 0 Å². The van der Waals surface area contributed by atoms with Crippen molar-refractivity contribution in [1.29, 1.82) is 0 Å². The first-order valence-electron chi connectivity index (χ1n) is 5.18. The van der Waals surface area contributed by atoms with Crippen LogP contribution < -0.4 is 10.6 Å². The fraction of sp³-hybridized carbons (Fsp3) is 0.545. The van der Waals surface area contributed by atoms with Crippen LogP contribution in [0.15, 0.2) is 10.5 Å². The van der Waals surface area contributed by atoms with Crippen molar-refractivity contribution in [2.24, 2.45) is 0 Å². The monoisotopic (exact) mass is 208 g/mol. The van der Waals surface area contributed by atoms with E-state index in [0.717, 1.165) is 17.1 Å². The van der Waals surface area contributed by atoms with Gasteiger partial charge in [0.1, 0.15) is 11.5 Å². The van der Waals surface area contributed by atoms with Crippen molar-refractivity contribution in [2.75, 3.05) is 6.54 Å². The van der Waals surface area contributed by atoms with E-state index in [1.54, 1.807) is 0 Å². The summed E-state index contributed by atoms with van der Waals surface area (Å²) < 4.78 is 5.48. The standard InChI is InChI=1S/C11H16N2O2/c1-6-4-9(8(3)15-6)10-5-12-11(14)7(2)13-10/h4,7,10,13H,5H2,1-3H3,(H,12,14)/t7-,10?/m0/s1. The predicted octanol–water partition coefficient (Wildman–Crippen LogP) is 1.05. The molecule has 1 amide bonds. The van der Waals surface area contributed by atoms with Crippen LogP contribution in [-0.4, -0.2) is 18.5 Å². The van der Waals surface area contributed by atoms with Gasteiger partial charge in [0.15, 0.2) is 0 Å². The molecule has 2 rings (SSSR count). The van der Waals surface area contributed by atoms with E-state index in [1.807, 2.05) is 26.8 Å². The third-order valence-electron chi connectivity index (χ3n) is 2.78. The Hall–Kier alpha value is -1.29. The van der Waals surface area contributed by atoms with Crippen molar-refractivity contribution < 1.29 is 9.21 Å². The highest BCUT2D eigenvalue weighted by molar-refractivity contribution is 5.82. The highest BCUT2D eigenvalue weighted by Crippen LogP contribution is 2.22. The van der Waals surface area contributed by atoms with Crippen LogP contribution in [0.25, 0.3) is 0 Å². The molecule has 0 radical (unpaired) electrons. The van der Waals surface area contributed by atoms with Crippen LogP contribution in [-0.2, 0) is 4.79 Å². The van der Waals surface area contributed by atoms with Crippen molar-refractivity contribution in [1.82, 2.24) is 10.6 Å². The van der Waals surface area contributed by atoms with Crippen molar-refractivity contribution in [2.45, 2.75) is 32.9 Å². The predicted molar refractivity (Wildman–Crippen MR) is 56.5 cm³/mol. The van der Waals surface area contributed by atoms with Crippen LogP contribution in [0, 0.1) is 13.8 Å². The molecule has 1 unspecified atom stereocenters. The number of hydrogen-bond donors (Lipinski definition) is 2. The van der Waals surface area contributed by atoms with Crippen LogP contribution in [0.1, 0.15) is 30.0 Å². The zero-order valence-electron chi connectivity index (χ0n) is 9.26. The van der Waals surface area contributed by atoms with Gasteiger partial charge in [-0.1, -0.05) is 0 Å². The van der Waals surface area contributed by atoms with Crippen LogP contribution in [0.4, 0.5) is 0 Å². The zero-order chi connectivity index (χ0) is 11.0. The van der Waals surface area contributed by atoms with Gasteiger partial charge in [0.2, 0.25) is 5.91 Å². The molecule has 1 aliphatic rings. The molecule has 0 aliphatic carbocycles. The number of carbonyl (C=O) groups is 1. The van der Waals surface area contributed by atoms with E-state index >= 15 is 0 Å². The third kappa shape index (κ3) is 1.90. The number of aryl methyl sites for hydroxylation is 2. The molecule has 2 heterocycles. The van der Waals surface area contributed by atoms with Crippen molar-refractivity contribution >= 4 is 5.91 Å². The average Bonchev–Trinajstić information content (AvgIpc) is 2.50. The third-order valence-corrected chi connectivity index (χ3v) is 2.78. The topological polar surface area (TPSA) is 54.3 Å². The highest BCUT2D eigenvalue weighted by atomic mass is 16.3. The second-order valence-electron chi connectivity index (χ2n) is 4.05. The molecule has 0 spiro atoms. The van der Waals surface area contributed by atoms with Gasteiger partial charge in [-0.15, -0.1) is 0 Å². The molecule has 15 heavy (non-hydrogen) atoms. The lowest BCUT2D eigenvalue weighted by Gasteiger charge is -2.28. The van der Waals surface area contributed by atoms with E-state index in [9.17, 15) is 4.79 Å². The number of carbonyl (C=O) groups excluding carboxylic acids is 1. The summed E-state index contributed by atoms with van der Waals surface area (Å²) in [6.07, 6.45) is 0. The summed E-state index contributed by atoms with van der Waals surface area (Å²) in [5, 5.41) is 6.14. The van der Waals surface area contributed by atoms with E-state index in [0.29, 0.717) is 6.54 Å². The molecule has 4 heteroatoms. The maximum absolute atomic E-state index is 11.3. The normalized spacial score (nSPS) is 26.5. The molecule has 1 fully saturated rings. The van der Waals surface area contributed by atoms with E-state index < -0.39 is 0 Å². The molecule has 4 nitrogen and oxygen atoms in total. The van der Waals surface area contributed by atoms with Gasteiger partial charge >= 0.3 is 0 Å².